The molecule has 0 aromatic carbocycles. The van der Waals surface area contributed by atoms with Crippen molar-refractivity contribution >= 4 is 17.4 Å². The van der Waals surface area contributed by atoms with Crippen molar-refractivity contribution in [3.63, 3.8) is 0 Å². The highest BCUT2D eigenvalue weighted by Gasteiger charge is 2.14. The van der Waals surface area contributed by atoms with Crippen LogP contribution in [-0.4, -0.2) is 25.5 Å². The number of rotatable bonds is 4. The van der Waals surface area contributed by atoms with Gasteiger partial charge in [-0.25, -0.2) is 0 Å². The molecule has 3 heterocycles. The molecule has 0 bridgehead atoms. The summed E-state index contributed by atoms with van der Waals surface area (Å²) in [7, 11) is 0. The minimum Gasteiger partial charge on any atom is -0.347 e. The number of hydrogen-bond donors (Lipinski definition) is 1. The van der Waals surface area contributed by atoms with E-state index in [1.807, 2.05) is 24.3 Å². The minimum atomic E-state index is -0.173. The molecule has 0 fully saturated rings. The third-order valence-corrected chi connectivity index (χ3v) is 3.95. The van der Waals surface area contributed by atoms with Gasteiger partial charge in [0.2, 0.25) is 0 Å². The van der Waals surface area contributed by atoms with Crippen LogP contribution >= 0.6 is 11.5 Å². The Morgan fingerprint density at radius 3 is 2.86 bits per heavy atom. The van der Waals surface area contributed by atoms with E-state index >= 15 is 0 Å². The van der Waals surface area contributed by atoms with E-state index in [0.29, 0.717) is 17.1 Å². The van der Waals surface area contributed by atoms with Crippen LogP contribution < -0.4 is 5.32 Å². The van der Waals surface area contributed by atoms with Gasteiger partial charge in [-0.1, -0.05) is 10.6 Å². The molecule has 0 unspecified atom stereocenters. The normalized spacial score (nSPS) is 10.4. The lowest BCUT2D eigenvalue weighted by Gasteiger charge is -2.09. The summed E-state index contributed by atoms with van der Waals surface area (Å²) < 4.78 is 3.77. The molecule has 1 amide bonds. The fourth-order valence-corrected chi connectivity index (χ4v) is 2.61. The zero-order chi connectivity index (χ0) is 15.4. The van der Waals surface area contributed by atoms with Gasteiger partial charge < -0.3 is 5.32 Å². The quantitative estimate of drug-likeness (QED) is 0.799. The lowest BCUT2D eigenvalue weighted by molar-refractivity contribution is 0.0954. The van der Waals surface area contributed by atoms with Crippen molar-refractivity contribution < 1.29 is 4.79 Å². The van der Waals surface area contributed by atoms with Crippen LogP contribution in [0.4, 0.5) is 0 Å². The molecule has 0 aliphatic heterocycles. The van der Waals surface area contributed by atoms with Gasteiger partial charge in [0.25, 0.3) is 5.91 Å². The van der Waals surface area contributed by atoms with Crippen LogP contribution in [0.15, 0.2) is 42.9 Å². The van der Waals surface area contributed by atoms with Crippen LogP contribution in [0.5, 0.6) is 0 Å². The van der Waals surface area contributed by atoms with Crippen LogP contribution in [0.1, 0.15) is 20.9 Å². The minimum absolute atomic E-state index is 0.173. The number of amides is 1. The smallest absolute Gasteiger partial charge is 0.265 e. The number of carbonyl (C=O) groups is 1. The molecule has 0 radical (unpaired) electrons. The van der Waals surface area contributed by atoms with Crippen LogP contribution in [-0.2, 0) is 6.54 Å². The highest BCUT2D eigenvalue weighted by atomic mass is 32.1. The number of aryl methyl sites for hydroxylation is 1. The Hall–Kier alpha value is -2.67. The second-order valence-electron chi connectivity index (χ2n) is 4.62. The Morgan fingerprint density at radius 1 is 1.27 bits per heavy atom. The fraction of sp³-hybridized carbons (Fsp3) is 0.133. The van der Waals surface area contributed by atoms with Gasteiger partial charge in [-0.05, 0) is 42.2 Å². The molecule has 3 aromatic heterocycles. The number of pyridine rings is 2. The van der Waals surface area contributed by atoms with E-state index in [2.05, 4.69) is 24.9 Å². The number of aromatic nitrogens is 4. The van der Waals surface area contributed by atoms with Crippen molar-refractivity contribution in [1.29, 1.82) is 0 Å². The molecule has 0 atom stereocenters. The van der Waals surface area contributed by atoms with Crippen LogP contribution in [0, 0.1) is 6.92 Å². The van der Waals surface area contributed by atoms with E-state index in [0.717, 1.165) is 28.4 Å². The molecule has 0 spiro atoms. The molecule has 7 heteroatoms. The van der Waals surface area contributed by atoms with E-state index < -0.39 is 0 Å². The zero-order valence-corrected chi connectivity index (χ0v) is 12.7. The van der Waals surface area contributed by atoms with Gasteiger partial charge in [0, 0.05) is 30.7 Å². The van der Waals surface area contributed by atoms with E-state index in [-0.39, 0.29) is 5.91 Å². The lowest BCUT2D eigenvalue weighted by atomic mass is 10.1. The first-order chi connectivity index (χ1) is 10.8. The number of hydrogen-bond acceptors (Lipinski definition) is 6. The molecule has 3 rings (SSSR count). The Kier molecular flexibility index (Phi) is 4.15. The molecule has 3 aromatic rings. The monoisotopic (exact) mass is 311 g/mol. The Bertz CT molecular complexity index is 787. The van der Waals surface area contributed by atoms with Crippen molar-refractivity contribution in [1.82, 2.24) is 24.9 Å². The first-order valence-electron chi connectivity index (χ1n) is 6.67. The number of nitrogens with one attached hydrogen (secondary N) is 1. The molecule has 6 nitrogen and oxygen atoms in total. The summed E-state index contributed by atoms with van der Waals surface area (Å²) in [4.78, 5) is 21.2. The fourth-order valence-electron chi connectivity index (χ4n) is 2.04. The average Bonchev–Trinajstić information content (AvgIpc) is 3.00. The van der Waals surface area contributed by atoms with Gasteiger partial charge in [-0.15, -0.1) is 5.10 Å². The summed E-state index contributed by atoms with van der Waals surface area (Å²) in [5.41, 5.74) is 3.30. The van der Waals surface area contributed by atoms with E-state index in [4.69, 9.17) is 0 Å². The lowest BCUT2D eigenvalue weighted by Crippen LogP contribution is -2.23. The maximum Gasteiger partial charge on any atom is 0.265 e. The average molecular weight is 311 g/mol. The maximum atomic E-state index is 12.1. The zero-order valence-electron chi connectivity index (χ0n) is 11.9. The number of nitrogens with zero attached hydrogens (tertiary/aromatic N) is 4. The summed E-state index contributed by atoms with van der Waals surface area (Å²) in [6, 6.07) is 7.59. The van der Waals surface area contributed by atoms with Crippen LogP contribution in [0.3, 0.4) is 0 Å². The summed E-state index contributed by atoms with van der Waals surface area (Å²) in [5, 5.41) is 6.73. The van der Waals surface area contributed by atoms with Gasteiger partial charge in [0.15, 0.2) is 0 Å². The van der Waals surface area contributed by atoms with Crippen molar-refractivity contribution in [2.45, 2.75) is 13.5 Å². The Balaban J connectivity index is 1.79. The second kappa shape index (κ2) is 6.40. The van der Waals surface area contributed by atoms with Gasteiger partial charge in [0.05, 0.1) is 11.4 Å². The molecule has 0 saturated carbocycles. The van der Waals surface area contributed by atoms with Crippen molar-refractivity contribution in [3.8, 4) is 11.3 Å². The molecular formula is C15H13N5OS. The highest BCUT2D eigenvalue weighted by molar-refractivity contribution is 7.07. The van der Waals surface area contributed by atoms with Gasteiger partial charge in [-0.3, -0.25) is 14.8 Å². The predicted molar refractivity (Wildman–Crippen MR) is 83.3 cm³/mol. The van der Waals surface area contributed by atoms with Crippen molar-refractivity contribution in [2.24, 2.45) is 0 Å². The molecule has 1 N–H and O–H groups in total. The standard InChI is InChI=1S/C15H13N5OS/c1-10-14(22-20-19-10)15(21)18-9-12-5-3-7-17-13(12)11-4-2-6-16-8-11/h2-8H,9H2,1H3,(H,18,21). The number of carbonyl (C=O) groups excluding carboxylic acids is 1. The van der Waals surface area contributed by atoms with E-state index in [1.165, 1.54) is 0 Å². The predicted octanol–water partition coefficient (Wildman–Crippen LogP) is 2.23. The first-order valence-corrected chi connectivity index (χ1v) is 7.44. The van der Waals surface area contributed by atoms with E-state index in [9.17, 15) is 4.79 Å². The summed E-state index contributed by atoms with van der Waals surface area (Å²) >= 11 is 1.09. The first kappa shape index (κ1) is 14.3. The molecule has 0 aliphatic rings. The summed E-state index contributed by atoms with van der Waals surface area (Å²) in [5.74, 6) is -0.173. The van der Waals surface area contributed by atoms with Crippen molar-refractivity contribution in [3.05, 3.63) is 59.0 Å². The van der Waals surface area contributed by atoms with Crippen LogP contribution in [0.25, 0.3) is 11.3 Å². The van der Waals surface area contributed by atoms with Gasteiger partial charge >= 0.3 is 0 Å². The molecule has 0 saturated heterocycles. The largest absolute Gasteiger partial charge is 0.347 e. The van der Waals surface area contributed by atoms with Gasteiger partial charge in [-0.2, -0.15) is 0 Å². The van der Waals surface area contributed by atoms with Crippen molar-refractivity contribution in [2.75, 3.05) is 0 Å². The Labute approximate surface area is 131 Å². The van der Waals surface area contributed by atoms with E-state index in [1.54, 1.807) is 25.5 Å². The van der Waals surface area contributed by atoms with Crippen LogP contribution in [0.2, 0.25) is 0 Å². The maximum absolute atomic E-state index is 12.1. The van der Waals surface area contributed by atoms with Gasteiger partial charge in [0.1, 0.15) is 4.88 Å². The molecular weight excluding hydrogens is 298 g/mol. The third-order valence-electron chi connectivity index (χ3n) is 3.12. The topological polar surface area (TPSA) is 80.7 Å². The highest BCUT2D eigenvalue weighted by Crippen LogP contribution is 2.20. The second-order valence-corrected chi connectivity index (χ2v) is 5.38. The third kappa shape index (κ3) is 2.99. The SMILES string of the molecule is Cc1nnsc1C(=O)NCc1cccnc1-c1cccnc1. The summed E-state index contributed by atoms with van der Waals surface area (Å²) in [6.45, 7) is 2.15. The molecule has 110 valence electrons. The molecule has 22 heavy (non-hydrogen) atoms. The molecule has 0 aliphatic carbocycles. The Morgan fingerprint density at radius 2 is 2.14 bits per heavy atom. The summed E-state index contributed by atoms with van der Waals surface area (Å²) in [6.07, 6.45) is 5.20.